The number of rotatable bonds is 48. The van der Waals surface area contributed by atoms with E-state index in [-0.39, 0.29) is 31.6 Å². The Morgan fingerprint density at radius 2 is 0.691 bits per heavy atom. The van der Waals surface area contributed by atoms with Gasteiger partial charge in [-0.1, -0.05) is 218 Å². The molecule has 0 heterocycles. The van der Waals surface area contributed by atoms with Crippen LogP contribution >= 0.6 is 0 Å². The van der Waals surface area contributed by atoms with Gasteiger partial charge in [-0.15, -0.1) is 0 Å². The monoisotopic (exact) mass is 937 g/mol. The summed E-state index contributed by atoms with van der Waals surface area (Å²) < 4.78 is 17.3. The molecule has 0 aliphatic carbocycles. The molecule has 0 saturated heterocycles. The highest BCUT2D eigenvalue weighted by atomic mass is 16.6. The van der Waals surface area contributed by atoms with Gasteiger partial charge in [0.1, 0.15) is 6.61 Å². The first kappa shape index (κ1) is 63.8. The van der Waals surface area contributed by atoms with E-state index in [1.54, 1.807) is 0 Å². The molecule has 0 fully saturated rings. The molecule has 382 valence electrons. The van der Waals surface area contributed by atoms with Crippen molar-refractivity contribution in [1.29, 1.82) is 0 Å². The van der Waals surface area contributed by atoms with E-state index in [1.165, 1.54) is 70.6 Å². The standard InChI is InChI=1S/C63H100O5/c1-4-7-10-13-16-19-22-25-28-30-32-33-36-38-41-44-47-50-53-56-62(64)67-60-61(68-63(65)57-54-51-48-45-42-39-35-27-24-21-18-15-12-9-6-3)59-66-58-55-52-49-46-43-40-37-34-31-29-26-23-20-17-14-11-8-5-2/h7,9-10,12,16-21,25-29,32-33,35,38,41-42,45,47,50,61H,4-6,8,11,13-15,22-24,30-31,34,36-37,39-40,43-44,46,48-49,51-60H2,1-3H3/b10-7-,12-9-,19-16-,20-17-,21-18-,28-25-,29-26-,33-32-,35-27-,41-38-,45-42-,50-47-. The lowest BCUT2D eigenvalue weighted by Crippen LogP contribution is -2.30. The summed E-state index contributed by atoms with van der Waals surface area (Å²) >= 11 is 0. The molecule has 5 nitrogen and oxygen atoms in total. The van der Waals surface area contributed by atoms with Gasteiger partial charge in [0.25, 0.3) is 0 Å². The minimum atomic E-state index is -0.603. The Labute approximate surface area is 419 Å². The number of carbonyl (C=O) groups excluding carboxylic acids is 2. The summed E-state index contributed by atoms with van der Waals surface area (Å²) in [5.74, 6) is -0.556. The summed E-state index contributed by atoms with van der Waals surface area (Å²) in [7, 11) is 0. The van der Waals surface area contributed by atoms with E-state index >= 15 is 0 Å². The maximum Gasteiger partial charge on any atom is 0.306 e. The molecule has 0 amide bonds. The second-order valence-electron chi connectivity index (χ2n) is 17.4. The van der Waals surface area contributed by atoms with Crippen molar-refractivity contribution < 1.29 is 23.8 Å². The highest BCUT2D eigenvalue weighted by Gasteiger charge is 2.17. The predicted molar refractivity (Wildman–Crippen MR) is 297 cm³/mol. The number of esters is 2. The average molecular weight is 937 g/mol. The van der Waals surface area contributed by atoms with E-state index in [0.29, 0.717) is 19.4 Å². The molecule has 5 heteroatoms. The van der Waals surface area contributed by atoms with Crippen LogP contribution in [0.3, 0.4) is 0 Å². The van der Waals surface area contributed by atoms with Crippen molar-refractivity contribution in [3.05, 3.63) is 146 Å². The molecule has 1 unspecified atom stereocenters. The lowest BCUT2D eigenvalue weighted by atomic mass is 10.1. The average Bonchev–Trinajstić information content (AvgIpc) is 3.34. The Kier molecular flexibility index (Phi) is 53.6. The first-order chi connectivity index (χ1) is 33.6. The molecular formula is C63H100O5. The molecular weight excluding hydrogens is 837 g/mol. The van der Waals surface area contributed by atoms with Gasteiger partial charge in [-0.05, 0) is 128 Å². The topological polar surface area (TPSA) is 61.8 Å². The van der Waals surface area contributed by atoms with Gasteiger partial charge >= 0.3 is 11.9 Å². The normalized spacial score (nSPS) is 13.4. The summed E-state index contributed by atoms with van der Waals surface area (Å²) in [5.41, 5.74) is 0. The molecule has 0 aromatic rings. The largest absolute Gasteiger partial charge is 0.462 e. The molecule has 0 bridgehead atoms. The highest BCUT2D eigenvalue weighted by Crippen LogP contribution is 2.12. The Balaban J connectivity index is 4.49. The van der Waals surface area contributed by atoms with Crippen molar-refractivity contribution >= 4 is 11.9 Å². The van der Waals surface area contributed by atoms with Crippen LogP contribution in [0.5, 0.6) is 0 Å². The predicted octanol–water partition coefficient (Wildman–Crippen LogP) is 18.9. The number of hydrogen-bond donors (Lipinski definition) is 0. The van der Waals surface area contributed by atoms with Gasteiger partial charge in [0.05, 0.1) is 6.61 Å². The van der Waals surface area contributed by atoms with Crippen LogP contribution in [0.1, 0.15) is 213 Å². The van der Waals surface area contributed by atoms with Crippen molar-refractivity contribution in [2.75, 3.05) is 19.8 Å². The van der Waals surface area contributed by atoms with Crippen LogP contribution in [-0.2, 0) is 23.8 Å². The lowest BCUT2D eigenvalue weighted by Gasteiger charge is -2.18. The molecule has 1 atom stereocenters. The van der Waals surface area contributed by atoms with E-state index in [9.17, 15) is 9.59 Å². The van der Waals surface area contributed by atoms with Gasteiger partial charge in [0.15, 0.2) is 6.10 Å². The van der Waals surface area contributed by atoms with Crippen LogP contribution in [0.4, 0.5) is 0 Å². The smallest absolute Gasteiger partial charge is 0.306 e. The molecule has 0 aromatic heterocycles. The van der Waals surface area contributed by atoms with Crippen LogP contribution in [0, 0.1) is 0 Å². The van der Waals surface area contributed by atoms with Crippen LogP contribution in [0.2, 0.25) is 0 Å². The van der Waals surface area contributed by atoms with E-state index < -0.39 is 6.10 Å². The zero-order chi connectivity index (χ0) is 49.2. The second kappa shape index (κ2) is 57.1. The molecule has 68 heavy (non-hydrogen) atoms. The van der Waals surface area contributed by atoms with Crippen LogP contribution in [-0.4, -0.2) is 37.9 Å². The zero-order valence-electron chi connectivity index (χ0n) is 43.8. The van der Waals surface area contributed by atoms with Crippen LogP contribution in [0.25, 0.3) is 0 Å². The lowest BCUT2D eigenvalue weighted by molar-refractivity contribution is -0.162. The Hall–Kier alpha value is -4.22. The van der Waals surface area contributed by atoms with Crippen molar-refractivity contribution in [2.45, 2.75) is 219 Å². The van der Waals surface area contributed by atoms with Crippen molar-refractivity contribution in [2.24, 2.45) is 0 Å². The fraction of sp³-hybridized carbons (Fsp3) is 0.587. The van der Waals surface area contributed by atoms with Gasteiger partial charge < -0.3 is 14.2 Å². The molecule has 0 spiro atoms. The summed E-state index contributed by atoms with van der Waals surface area (Å²) in [6.07, 6.45) is 83.0. The van der Waals surface area contributed by atoms with E-state index in [1.807, 2.05) is 6.08 Å². The fourth-order valence-electron chi connectivity index (χ4n) is 6.85. The molecule has 0 rings (SSSR count). The molecule has 0 aromatic carbocycles. The number of ether oxygens (including phenoxy) is 3. The SMILES string of the molecule is CC/C=C\C/C=C\C/C=C\C/C=C\C/C=C\C/C=C\CCC(=O)OCC(COCCCCCCCCCC/C=C\C/C=C\CCCCC)OC(=O)CCCC/C=C\C/C=C\C/C=C\C/C=C\CC. The third-order valence-electron chi connectivity index (χ3n) is 10.9. The summed E-state index contributed by atoms with van der Waals surface area (Å²) in [5, 5.41) is 0. The van der Waals surface area contributed by atoms with Gasteiger partial charge in [-0.2, -0.15) is 0 Å². The van der Waals surface area contributed by atoms with Crippen LogP contribution < -0.4 is 0 Å². The molecule has 0 aliphatic rings. The van der Waals surface area contributed by atoms with E-state index in [0.717, 1.165) is 103 Å². The van der Waals surface area contributed by atoms with E-state index in [4.69, 9.17) is 14.2 Å². The summed E-state index contributed by atoms with van der Waals surface area (Å²) in [6, 6.07) is 0. The molecule has 0 radical (unpaired) electrons. The number of hydrogen-bond acceptors (Lipinski definition) is 5. The molecule has 0 aliphatic heterocycles. The Bertz CT molecular complexity index is 1480. The van der Waals surface area contributed by atoms with Crippen molar-refractivity contribution in [3.63, 3.8) is 0 Å². The quantitative estimate of drug-likeness (QED) is 0.0346. The van der Waals surface area contributed by atoms with E-state index in [2.05, 4.69) is 161 Å². The minimum Gasteiger partial charge on any atom is -0.462 e. The van der Waals surface area contributed by atoms with Gasteiger partial charge in [0, 0.05) is 19.4 Å². The molecule has 0 saturated carbocycles. The summed E-state index contributed by atoms with van der Waals surface area (Å²) in [4.78, 5) is 25.4. The van der Waals surface area contributed by atoms with Crippen molar-refractivity contribution in [1.82, 2.24) is 0 Å². The Morgan fingerprint density at radius 1 is 0.338 bits per heavy atom. The van der Waals surface area contributed by atoms with Crippen molar-refractivity contribution in [3.8, 4) is 0 Å². The first-order valence-corrected chi connectivity index (χ1v) is 27.4. The summed E-state index contributed by atoms with van der Waals surface area (Å²) in [6.45, 7) is 7.42. The number of carbonyl (C=O) groups is 2. The minimum absolute atomic E-state index is 0.0161. The third-order valence-corrected chi connectivity index (χ3v) is 10.9. The fourth-order valence-corrected chi connectivity index (χ4v) is 6.85. The second-order valence-corrected chi connectivity index (χ2v) is 17.4. The molecule has 0 N–H and O–H groups in total. The van der Waals surface area contributed by atoms with Crippen LogP contribution in [0.15, 0.2) is 146 Å². The van der Waals surface area contributed by atoms with Gasteiger partial charge in [0.2, 0.25) is 0 Å². The maximum atomic E-state index is 12.8. The van der Waals surface area contributed by atoms with Gasteiger partial charge in [-0.25, -0.2) is 0 Å². The van der Waals surface area contributed by atoms with Gasteiger partial charge in [-0.3, -0.25) is 9.59 Å². The third kappa shape index (κ3) is 54.4. The maximum absolute atomic E-state index is 12.8. The Morgan fingerprint density at radius 3 is 1.12 bits per heavy atom. The number of allylic oxidation sites excluding steroid dienone is 24. The zero-order valence-corrected chi connectivity index (χ0v) is 43.8. The highest BCUT2D eigenvalue weighted by molar-refractivity contribution is 5.70. The number of unbranched alkanes of at least 4 members (excludes halogenated alkanes) is 13. The first-order valence-electron chi connectivity index (χ1n) is 27.4.